The molecule has 4 atom stereocenters. The van der Waals surface area contributed by atoms with Crippen molar-refractivity contribution < 1.29 is 18.7 Å². The number of esters is 1. The van der Waals surface area contributed by atoms with Crippen LogP contribution in [-0.4, -0.2) is 24.0 Å². The highest BCUT2D eigenvalue weighted by atomic mass is 35.5. The van der Waals surface area contributed by atoms with Crippen LogP contribution in [0.2, 0.25) is 5.02 Å². The molecule has 1 aliphatic carbocycles. The molecule has 1 amide bonds. The Balaban J connectivity index is 1.97. The van der Waals surface area contributed by atoms with Crippen molar-refractivity contribution in [3.63, 3.8) is 0 Å². The molecule has 0 radical (unpaired) electrons. The molecule has 2 rings (SSSR count). The largest absolute Gasteiger partial charge is 0.449 e. The Morgan fingerprint density at radius 3 is 2.71 bits per heavy atom. The summed E-state index contributed by atoms with van der Waals surface area (Å²) in [7, 11) is 0. The van der Waals surface area contributed by atoms with Crippen molar-refractivity contribution in [1.82, 2.24) is 5.32 Å². The fraction of sp³-hybridized carbons (Fsp3) is 0.556. The normalized spacial score (nSPS) is 25.0. The zero-order valence-corrected chi connectivity index (χ0v) is 14.9. The quantitative estimate of drug-likeness (QED) is 0.831. The van der Waals surface area contributed by atoms with Crippen LogP contribution in [0.3, 0.4) is 0 Å². The van der Waals surface area contributed by atoms with E-state index in [0.717, 1.165) is 25.3 Å². The van der Waals surface area contributed by atoms with Gasteiger partial charge in [-0.05, 0) is 37.3 Å². The third-order valence-corrected chi connectivity index (χ3v) is 5.17. The fourth-order valence-electron chi connectivity index (χ4n) is 3.05. The van der Waals surface area contributed by atoms with Crippen molar-refractivity contribution >= 4 is 23.5 Å². The van der Waals surface area contributed by atoms with E-state index in [1.54, 1.807) is 0 Å². The minimum atomic E-state index is -1.02. The van der Waals surface area contributed by atoms with Gasteiger partial charge in [-0.2, -0.15) is 0 Å². The van der Waals surface area contributed by atoms with Gasteiger partial charge in [-0.1, -0.05) is 44.4 Å². The van der Waals surface area contributed by atoms with Crippen molar-refractivity contribution in [2.75, 3.05) is 0 Å². The molecule has 1 aromatic rings. The molecule has 0 unspecified atom stereocenters. The van der Waals surface area contributed by atoms with Gasteiger partial charge >= 0.3 is 5.97 Å². The number of halogens is 2. The van der Waals surface area contributed by atoms with Gasteiger partial charge in [0.05, 0.1) is 5.02 Å². The summed E-state index contributed by atoms with van der Waals surface area (Å²) >= 11 is 5.84. The first kappa shape index (κ1) is 18.7. The molecule has 0 bridgehead atoms. The molecule has 1 aliphatic rings. The smallest absolute Gasteiger partial charge is 0.343 e. The number of hydrogen-bond acceptors (Lipinski definition) is 3. The summed E-state index contributed by atoms with van der Waals surface area (Å²) in [5.41, 5.74) is -0.349. The van der Waals surface area contributed by atoms with Crippen molar-refractivity contribution in [2.45, 2.75) is 52.2 Å². The predicted molar refractivity (Wildman–Crippen MR) is 90.4 cm³/mol. The maximum Gasteiger partial charge on any atom is 0.343 e. The monoisotopic (exact) mass is 355 g/mol. The molecule has 4 nitrogen and oxygen atoms in total. The van der Waals surface area contributed by atoms with E-state index >= 15 is 0 Å². The van der Waals surface area contributed by atoms with E-state index in [-0.39, 0.29) is 22.5 Å². The predicted octanol–water partition coefficient (Wildman–Crippen LogP) is 3.97. The average molecular weight is 356 g/mol. The van der Waals surface area contributed by atoms with E-state index < -0.39 is 17.9 Å². The molecule has 0 saturated heterocycles. The maximum absolute atomic E-state index is 13.7. The van der Waals surface area contributed by atoms with E-state index in [2.05, 4.69) is 19.2 Å². The first-order valence-corrected chi connectivity index (χ1v) is 8.64. The Morgan fingerprint density at radius 2 is 2.04 bits per heavy atom. The highest BCUT2D eigenvalue weighted by Gasteiger charge is 2.30. The molecule has 1 fully saturated rings. The highest BCUT2D eigenvalue weighted by molar-refractivity contribution is 6.33. The number of nitrogens with one attached hydrogen (secondary N) is 1. The molecule has 132 valence electrons. The summed E-state index contributed by atoms with van der Waals surface area (Å²) in [6.45, 7) is 5.76. The van der Waals surface area contributed by atoms with Gasteiger partial charge < -0.3 is 10.1 Å². The van der Waals surface area contributed by atoms with Crippen LogP contribution in [0.25, 0.3) is 0 Å². The van der Waals surface area contributed by atoms with Crippen LogP contribution >= 0.6 is 11.6 Å². The number of carbonyl (C=O) groups is 2. The number of ether oxygens (including phenoxy) is 1. The van der Waals surface area contributed by atoms with Gasteiger partial charge in [0.2, 0.25) is 0 Å². The lowest BCUT2D eigenvalue weighted by Gasteiger charge is -2.35. The van der Waals surface area contributed by atoms with Gasteiger partial charge in [-0.3, -0.25) is 4.79 Å². The Kier molecular flexibility index (Phi) is 6.21. The van der Waals surface area contributed by atoms with Gasteiger partial charge in [0.1, 0.15) is 11.4 Å². The molecular formula is C18H23ClFNO3. The Labute approximate surface area is 146 Å². The number of amides is 1. The number of rotatable bonds is 4. The van der Waals surface area contributed by atoms with E-state index in [1.165, 1.54) is 19.1 Å². The van der Waals surface area contributed by atoms with Crippen molar-refractivity contribution in [3.8, 4) is 0 Å². The minimum Gasteiger partial charge on any atom is -0.449 e. The first-order valence-electron chi connectivity index (χ1n) is 8.26. The van der Waals surface area contributed by atoms with Crippen molar-refractivity contribution in [3.05, 3.63) is 34.6 Å². The molecule has 0 heterocycles. The third kappa shape index (κ3) is 4.26. The summed E-state index contributed by atoms with van der Waals surface area (Å²) in [5.74, 6) is -1.17. The highest BCUT2D eigenvalue weighted by Crippen LogP contribution is 2.29. The van der Waals surface area contributed by atoms with E-state index in [4.69, 9.17) is 16.3 Å². The SMILES string of the molecule is C[C@@H]1[C@H](C)CCC[C@H]1NC(=O)[C@@H](C)OC(=O)c1c(F)cccc1Cl. The molecule has 24 heavy (non-hydrogen) atoms. The number of hydrogen-bond donors (Lipinski definition) is 1. The first-order chi connectivity index (χ1) is 11.3. The summed E-state index contributed by atoms with van der Waals surface area (Å²) < 4.78 is 18.8. The molecule has 0 spiro atoms. The second-order valence-electron chi connectivity index (χ2n) is 6.53. The Morgan fingerprint density at radius 1 is 1.33 bits per heavy atom. The minimum absolute atomic E-state index is 0.0395. The van der Waals surface area contributed by atoms with Crippen molar-refractivity contribution in [2.24, 2.45) is 11.8 Å². The molecule has 1 aromatic carbocycles. The number of carbonyl (C=O) groups excluding carboxylic acids is 2. The van der Waals surface area contributed by atoms with Gasteiger partial charge in [-0.15, -0.1) is 0 Å². The lowest BCUT2D eigenvalue weighted by atomic mass is 9.78. The van der Waals surface area contributed by atoms with Gasteiger partial charge in [0, 0.05) is 6.04 Å². The van der Waals surface area contributed by atoms with Crippen LogP contribution in [0.15, 0.2) is 18.2 Å². The van der Waals surface area contributed by atoms with Crippen LogP contribution < -0.4 is 5.32 Å². The second kappa shape index (κ2) is 7.97. The van der Waals surface area contributed by atoms with Crippen LogP contribution in [-0.2, 0) is 9.53 Å². The Hall–Kier alpha value is -1.62. The summed E-state index contributed by atoms with van der Waals surface area (Å²) in [4.78, 5) is 24.4. The van der Waals surface area contributed by atoms with Crippen LogP contribution in [0.4, 0.5) is 4.39 Å². The third-order valence-electron chi connectivity index (χ3n) is 4.85. The second-order valence-corrected chi connectivity index (χ2v) is 6.93. The lowest BCUT2D eigenvalue weighted by Crippen LogP contribution is -2.47. The zero-order valence-electron chi connectivity index (χ0n) is 14.1. The average Bonchev–Trinajstić information content (AvgIpc) is 2.51. The number of benzene rings is 1. The summed E-state index contributed by atoms with van der Waals surface area (Å²) in [6, 6.07) is 3.99. The van der Waals surface area contributed by atoms with Crippen LogP contribution in [0.5, 0.6) is 0 Å². The molecule has 0 aromatic heterocycles. The zero-order chi connectivity index (χ0) is 17.9. The van der Waals surface area contributed by atoms with Crippen molar-refractivity contribution in [1.29, 1.82) is 0 Å². The lowest BCUT2D eigenvalue weighted by molar-refractivity contribution is -0.130. The molecule has 0 aliphatic heterocycles. The molecular weight excluding hydrogens is 333 g/mol. The van der Waals surface area contributed by atoms with Crippen LogP contribution in [0, 0.1) is 17.7 Å². The Bertz CT molecular complexity index is 602. The molecule has 1 saturated carbocycles. The fourth-order valence-corrected chi connectivity index (χ4v) is 3.29. The van der Waals surface area contributed by atoms with Gasteiger partial charge in [0.15, 0.2) is 6.10 Å². The van der Waals surface area contributed by atoms with E-state index in [9.17, 15) is 14.0 Å². The summed E-state index contributed by atoms with van der Waals surface area (Å²) in [5, 5.41) is 2.90. The van der Waals surface area contributed by atoms with Crippen LogP contribution in [0.1, 0.15) is 50.4 Å². The van der Waals surface area contributed by atoms with Gasteiger partial charge in [-0.25, -0.2) is 9.18 Å². The maximum atomic E-state index is 13.7. The summed E-state index contributed by atoms with van der Waals surface area (Å²) in [6.07, 6.45) is 2.12. The van der Waals surface area contributed by atoms with E-state index in [1.807, 2.05) is 0 Å². The molecule has 6 heteroatoms. The topological polar surface area (TPSA) is 55.4 Å². The molecule has 1 N–H and O–H groups in total. The van der Waals surface area contributed by atoms with Gasteiger partial charge in [0.25, 0.3) is 5.91 Å². The standard InChI is InChI=1S/C18H23ClFNO3/c1-10-6-4-9-15(11(10)2)21-17(22)12(3)24-18(23)16-13(19)7-5-8-14(16)20/h5,7-8,10-12,15H,4,6,9H2,1-3H3,(H,21,22)/t10-,11-,12-,15-/m1/s1. The van der Waals surface area contributed by atoms with E-state index in [0.29, 0.717) is 11.8 Å².